The highest BCUT2D eigenvalue weighted by Crippen LogP contribution is 2.30. The number of hydrogen-bond acceptors (Lipinski definition) is 7. The van der Waals surface area contributed by atoms with Gasteiger partial charge in [-0.25, -0.2) is 4.79 Å². The average Bonchev–Trinajstić information content (AvgIpc) is 2.75. The zero-order chi connectivity index (χ0) is 22.4. The van der Waals surface area contributed by atoms with Crippen molar-refractivity contribution in [1.29, 1.82) is 0 Å². The van der Waals surface area contributed by atoms with Gasteiger partial charge >= 0.3 is 17.9 Å². The van der Waals surface area contributed by atoms with Gasteiger partial charge in [-0.15, -0.1) is 0 Å². The molecule has 8 nitrogen and oxygen atoms in total. The Morgan fingerprint density at radius 3 is 1.87 bits per heavy atom. The predicted octanol–water partition coefficient (Wildman–Crippen LogP) is 3.37. The van der Waals surface area contributed by atoms with Gasteiger partial charge in [0.05, 0.1) is 17.6 Å². The third-order valence-corrected chi connectivity index (χ3v) is 6.00. The van der Waals surface area contributed by atoms with Gasteiger partial charge in [-0.2, -0.15) is 0 Å². The summed E-state index contributed by atoms with van der Waals surface area (Å²) >= 11 is 0. The maximum Gasteiger partial charge on any atom is 0.338 e. The number of hydrogen-bond donors (Lipinski definition) is 2. The number of aliphatic hydroxyl groups is 1. The molecule has 1 aromatic carbocycles. The quantitative estimate of drug-likeness (QED) is 0.495. The van der Waals surface area contributed by atoms with Gasteiger partial charge in [0.15, 0.2) is 6.29 Å². The largest absolute Gasteiger partial charge is 0.481 e. The number of esters is 2. The molecule has 8 heteroatoms. The summed E-state index contributed by atoms with van der Waals surface area (Å²) in [7, 11) is 0. The molecule has 1 atom stereocenters. The maximum absolute atomic E-state index is 12.4. The molecule has 2 saturated carbocycles. The van der Waals surface area contributed by atoms with Crippen LogP contribution in [0.4, 0.5) is 0 Å². The van der Waals surface area contributed by atoms with Gasteiger partial charge in [0.25, 0.3) is 0 Å². The molecule has 0 aliphatic heterocycles. The normalized spacial score (nSPS) is 27.2. The zero-order valence-corrected chi connectivity index (χ0v) is 17.7. The molecular formula is C23H30O8. The highest BCUT2D eigenvalue weighted by atomic mass is 16.6. The van der Waals surface area contributed by atoms with Crippen molar-refractivity contribution < 1.29 is 38.8 Å². The minimum Gasteiger partial charge on any atom is -0.481 e. The molecule has 0 aromatic heterocycles. The third-order valence-electron chi connectivity index (χ3n) is 6.00. The molecule has 2 aliphatic rings. The second kappa shape index (κ2) is 10.7. The Morgan fingerprint density at radius 1 is 0.839 bits per heavy atom. The Kier molecular flexibility index (Phi) is 8.03. The van der Waals surface area contributed by atoms with E-state index in [2.05, 4.69) is 0 Å². The summed E-state index contributed by atoms with van der Waals surface area (Å²) in [5, 5.41) is 19.4. The van der Waals surface area contributed by atoms with E-state index in [1.807, 2.05) is 0 Å². The molecule has 0 bridgehead atoms. The number of carboxylic acids is 1. The molecule has 2 N–H and O–H groups in total. The van der Waals surface area contributed by atoms with Crippen LogP contribution in [0.25, 0.3) is 0 Å². The lowest BCUT2D eigenvalue weighted by Gasteiger charge is -2.28. The topological polar surface area (TPSA) is 119 Å². The summed E-state index contributed by atoms with van der Waals surface area (Å²) in [6.45, 7) is 1.39. The maximum atomic E-state index is 12.4. The molecule has 170 valence electrons. The lowest BCUT2D eigenvalue weighted by atomic mass is 9.87. The van der Waals surface area contributed by atoms with E-state index in [0.29, 0.717) is 62.5 Å². The molecule has 1 unspecified atom stereocenters. The van der Waals surface area contributed by atoms with Gasteiger partial charge in [-0.1, -0.05) is 12.1 Å². The highest BCUT2D eigenvalue weighted by molar-refractivity contribution is 5.89. The van der Waals surface area contributed by atoms with Crippen LogP contribution in [0.1, 0.15) is 80.5 Å². The van der Waals surface area contributed by atoms with Crippen LogP contribution in [0.5, 0.6) is 0 Å². The molecule has 0 saturated heterocycles. The van der Waals surface area contributed by atoms with Crippen LogP contribution in [-0.4, -0.2) is 46.4 Å². The monoisotopic (exact) mass is 434 g/mol. The number of aliphatic carboxylic acids is 1. The predicted molar refractivity (Wildman–Crippen MR) is 109 cm³/mol. The van der Waals surface area contributed by atoms with Crippen molar-refractivity contribution in [2.45, 2.75) is 82.9 Å². The zero-order valence-electron chi connectivity index (χ0n) is 17.7. The number of benzene rings is 1. The van der Waals surface area contributed by atoms with Crippen molar-refractivity contribution in [3.63, 3.8) is 0 Å². The SMILES string of the molecule is CC(=O)OC1CCC(OC(=O)c2ccc(C(O)OC3CCC(C(=O)O)CC3)cc2)CC1. The average molecular weight is 434 g/mol. The molecule has 31 heavy (non-hydrogen) atoms. The molecule has 0 heterocycles. The lowest BCUT2D eigenvalue weighted by Crippen LogP contribution is -2.29. The van der Waals surface area contributed by atoms with Crippen LogP contribution in [0.2, 0.25) is 0 Å². The first kappa shape index (κ1) is 23.2. The van der Waals surface area contributed by atoms with Gasteiger partial charge in [0.1, 0.15) is 12.2 Å². The Morgan fingerprint density at radius 2 is 1.35 bits per heavy atom. The fourth-order valence-corrected chi connectivity index (χ4v) is 4.21. The van der Waals surface area contributed by atoms with Gasteiger partial charge in [-0.05, 0) is 63.5 Å². The van der Waals surface area contributed by atoms with E-state index in [1.165, 1.54) is 6.92 Å². The van der Waals surface area contributed by atoms with E-state index < -0.39 is 18.2 Å². The fraction of sp³-hybridized carbons (Fsp3) is 0.609. The van der Waals surface area contributed by atoms with E-state index in [1.54, 1.807) is 24.3 Å². The summed E-state index contributed by atoms with van der Waals surface area (Å²) in [6.07, 6.45) is 3.31. The first-order valence-corrected chi connectivity index (χ1v) is 10.9. The number of carboxylic acid groups (broad SMARTS) is 1. The van der Waals surface area contributed by atoms with E-state index >= 15 is 0 Å². The van der Waals surface area contributed by atoms with Crippen LogP contribution in [-0.2, 0) is 23.8 Å². The molecule has 2 aliphatic carbocycles. The van der Waals surface area contributed by atoms with Crippen molar-refractivity contribution in [2.24, 2.45) is 5.92 Å². The smallest absolute Gasteiger partial charge is 0.338 e. The second-order valence-corrected chi connectivity index (χ2v) is 8.34. The minimum absolute atomic E-state index is 0.104. The molecule has 0 amide bonds. The van der Waals surface area contributed by atoms with Gasteiger partial charge in [-0.3, -0.25) is 9.59 Å². The Bertz CT molecular complexity index is 758. The number of carbonyl (C=O) groups excluding carboxylic acids is 2. The summed E-state index contributed by atoms with van der Waals surface area (Å²) in [4.78, 5) is 34.5. The fourth-order valence-electron chi connectivity index (χ4n) is 4.21. The third kappa shape index (κ3) is 6.77. The van der Waals surface area contributed by atoms with Crippen LogP contribution in [0, 0.1) is 5.92 Å². The van der Waals surface area contributed by atoms with Gasteiger partial charge in [0.2, 0.25) is 0 Å². The van der Waals surface area contributed by atoms with E-state index in [-0.39, 0.29) is 30.2 Å². The lowest BCUT2D eigenvalue weighted by molar-refractivity contribution is -0.157. The van der Waals surface area contributed by atoms with Crippen LogP contribution < -0.4 is 0 Å². The summed E-state index contributed by atoms with van der Waals surface area (Å²) < 4.78 is 16.4. The first-order valence-electron chi connectivity index (χ1n) is 10.9. The Hall–Kier alpha value is -2.45. The molecule has 3 rings (SSSR count). The van der Waals surface area contributed by atoms with Gasteiger partial charge < -0.3 is 24.4 Å². The van der Waals surface area contributed by atoms with E-state index in [0.717, 1.165) is 0 Å². The van der Waals surface area contributed by atoms with Crippen molar-refractivity contribution >= 4 is 17.9 Å². The van der Waals surface area contributed by atoms with Crippen LogP contribution in [0.3, 0.4) is 0 Å². The second-order valence-electron chi connectivity index (χ2n) is 8.34. The molecule has 0 radical (unpaired) electrons. The number of carbonyl (C=O) groups is 3. The highest BCUT2D eigenvalue weighted by Gasteiger charge is 2.28. The van der Waals surface area contributed by atoms with Crippen LogP contribution >= 0.6 is 0 Å². The summed E-state index contributed by atoms with van der Waals surface area (Å²) in [5.74, 6) is -1.83. The molecule has 2 fully saturated rings. The van der Waals surface area contributed by atoms with Crippen molar-refractivity contribution in [1.82, 2.24) is 0 Å². The first-order chi connectivity index (χ1) is 14.8. The standard InChI is InChI=1S/C23H30O8/c1-14(24)29-18-10-12-20(13-11-18)31-23(28)17-4-2-16(3-5-17)22(27)30-19-8-6-15(7-9-19)21(25)26/h2-5,15,18-20,22,27H,6-13H2,1H3,(H,25,26). The number of rotatable bonds is 7. The van der Waals surface area contributed by atoms with Gasteiger partial charge in [0, 0.05) is 12.5 Å². The number of ether oxygens (including phenoxy) is 3. The van der Waals surface area contributed by atoms with Crippen molar-refractivity contribution in [2.75, 3.05) is 0 Å². The summed E-state index contributed by atoms with van der Waals surface area (Å²) in [5.41, 5.74) is 0.916. The minimum atomic E-state index is -1.13. The van der Waals surface area contributed by atoms with Crippen molar-refractivity contribution in [3.8, 4) is 0 Å². The Labute approximate surface area is 181 Å². The molecule has 0 spiro atoms. The number of aliphatic hydroxyl groups excluding tert-OH is 1. The van der Waals surface area contributed by atoms with E-state index in [4.69, 9.17) is 19.3 Å². The molecule has 1 aromatic rings. The van der Waals surface area contributed by atoms with Crippen LogP contribution in [0.15, 0.2) is 24.3 Å². The van der Waals surface area contributed by atoms with E-state index in [9.17, 15) is 19.5 Å². The Balaban J connectivity index is 1.44. The molecular weight excluding hydrogens is 404 g/mol. The summed E-state index contributed by atoms with van der Waals surface area (Å²) in [6, 6.07) is 6.44. The van der Waals surface area contributed by atoms with Crippen molar-refractivity contribution in [3.05, 3.63) is 35.4 Å².